The molecule has 6 heterocycles. The third-order valence-corrected chi connectivity index (χ3v) is 15.3. The first-order valence-corrected chi connectivity index (χ1v) is 25.5. The van der Waals surface area contributed by atoms with Gasteiger partial charge in [0.2, 0.25) is 5.88 Å². The van der Waals surface area contributed by atoms with Gasteiger partial charge in [-0.15, -0.1) is 0 Å². The van der Waals surface area contributed by atoms with Gasteiger partial charge in [-0.3, -0.25) is 28.5 Å². The quantitative estimate of drug-likeness (QED) is 0.0933. The van der Waals surface area contributed by atoms with Crippen LogP contribution in [0.1, 0.15) is 51.4 Å². The highest BCUT2D eigenvalue weighted by Crippen LogP contribution is 2.41. The standard InChI is InChI=1S/C50H80N12O4/c1-53-21-29-57(30-22-53)15-7-5-9-19-61-47(63)39-37-42(52-14-12-18-60-35-27-56(4)28-36-60)46-44-40(48(64)62(50(46)66)20-10-6-8-16-58-31-23-54(2)24-32-58)38-41(45(43(39)44)49(61)65)51-13-11-17-59-33-25-55(3)26-34-59/h37-38,51,64H,5-36H2,1-4H3. The lowest BCUT2D eigenvalue weighted by Gasteiger charge is -2.32. The van der Waals surface area contributed by atoms with Crippen molar-refractivity contribution in [3.8, 4) is 17.0 Å². The zero-order valence-electron chi connectivity index (χ0n) is 40.9. The zero-order valence-corrected chi connectivity index (χ0v) is 40.9. The molecule has 0 saturated carbocycles. The molecule has 0 spiro atoms. The van der Waals surface area contributed by atoms with E-state index in [1.807, 2.05) is 6.07 Å². The monoisotopic (exact) mass is 913 g/mol. The van der Waals surface area contributed by atoms with Crippen LogP contribution in [0, 0.1) is 0 Å². The topological polar surface area (TPSA) is 132 Å². The molecule has 0 amide bonds. The number of likely N-dealkylation sites (N-methyl/N-ethyl adjacent to an activating group) is 4. The molecule has 2 aromatic rings. The van der Waals surface area contributed by atoms with Crippen molar-refractivity contribution in [2.75, 3.05) is 177 Å². The van der Waals surface area contributed by atoms with Crippen molar-refractivity contribution in [3.05, 3.63) is 48.6 Å². The Morgan fingerprint density at radius 1 is 0.485 bits per heavy atom. The summed E-state index contributed by atoms with van der Waals surface area (Å²) in [5.41, 5.74) is 0.458. The molecule has 1 aromatic carbocycles. The number of aromatic nitrogens is 2. The van der Waals surface area contributed by atoms with Crippen LogP contribution < -0.4 is 27.4 Å². The maximum absolute atomic E-state index is 14.9. The summed E-state index contributed by atoms with van der Waals surface area (Å²) in [5.74, 6) is -0.112. The summed E-state index contributed by atoms with van der Waals surface area (Å²) in [4.78, 5) is 69.1. The fourth-order valence-corrected chi connectivity index (χ4v) is 10.7. The molecule has 4 fully saturated rings. The van der Waals surface area contributed by atoms with Crippen LogP contribution in [0.4, 0.5) is 5.69 Å². The SMILES string of the molecule is CN1CCN(CCCCCn2c(O)c3cc(NCCCN4CCN(C)CC4)c4c5c3c(c(=NCCCN3CCN(C)CC3)cc-5c(=O)n(CCCCCN3CCN(C)CC3)c4=O)c2=O)CC1. The first kappa shape index (κ1) is 48.7. The number of unbranched alkanes of at least 4 members (excludes halogenated alkanes) is 4. The second-order valence-corrected chi connectivity index (χ2v) is 20.2. The van der Waals surface area contributed by atoms with E-state index in [0.29, 0.717) is 76.3 Å². The minimum atomic E-state index is -0.347. The summed E-state index contributed by atoms with van der Waals surface area (Å²) in [7, 11) is 8.67. The van der Waals surface area contributed by atoms with Crippen LogP contribution in [0.2, 0.25) is 0 Å². The number of piperazine rings is 4. The van der Waals surface area contributed by atoms with Crippen molar-refractivity contribution in [3.63, 3.8) is 0 Å². The van der Waals surface area contributed by atoms with Crippen LogP contribution >= 0.6 is 0 Å². The number of benzene rings is 2. The number of pyridine rings is 2. The van der Waals surface area contributed by atoms with E-state index in [9.17, 15) is 19.5 Å². The van der Waals surface area contributed by atoms with Crippen molar-refractivity contribution in [1.82, 2.24) is 48.3 Å². The molecule has 0 atom stereocenters. The lowest BCUT2D eigenvalue weighted by molar-refractivity contribution is 0.152. The van der Waals surface area contributed by atoms with E-state index < -0.39 is 0 Å². The summed E-state index contributed by atoms with van der Waals surface area (Å²) < 4.78 is 2.96. The number of nitrogens with one attached hydrogen (secondary N) is 1. The van der Waals surface area contributed by atoms with Gasteiger partial charge in [0, 0.05) is 153 Å². The summed E-state index contributed by atoms with van der Waals surface area (Å²) in [5, 5.41) is 18.1. The van der Waals surface area contributed by atoms with Gasteiger partial charge < -0.3 is 49.6 Å². The van der Waals surface area contributed by atoms with E-state index in [1.165, 1.54) is 9.13 Å². The highest BCUT2D eigenvalue weighted by molar-refractivity contribution is 6.18. The van der Waals surface area contributed by atoms with Crippen LogP contribution in [-0.4, -0.2) is 226 Å². The molecule has 2 N–H and O–H groups in total. The summed E-state index contributed by atoms with van der Waals surface area (Å²) in [6, 6.07) is 3.67. The van der Waals surface area contributed by atoms with Gasteiger partial charge in [0.1, 0.15) is 0 Å². The maximum atomic E-state index is 14.9. The largest absolute Gasteiger partial charge is 0.494 e. The second-order valence-electron chi connectivity index (χ2n) is 20.2. The molecule has 16 nitrogen and oxygen atoms in total. The predicted molar refractivity (Wildman–Crippen MR) is 269 cm³/mol. The first-order valence-electron chi connectivity index (χ1n) is 25.5. The molecule has 0 unspecified atom stereocenters. The molecule has 0 radical (unpaired) electrons. The van der Waals surface area contributed by atoms with Crippen molar-refractivity contribution in [1.29, 1.82) is 0 Å². The number of nitrogens with zero attached hydrogens (tertiary/aromatic N) is 11. The van der Waals surface area contributed by atoms with Gasteiger partial charge in [0.15, 0.2) is 0 Å². The third kappa shape index (κ3) is 11.7. The van der Waals surface area contributed by atoms with Crippen LogP contribution in [0.3, 0.4) is 0 Å². The molecular formula is C50H80N12O4. The molecule has 16 heteroatoms. The Bertz CT molecular complexity index is 2370. The fraction of sp³-hybridized carbons (Fsp3) is 0.720. The van der Waals surface area contributed by atoms with Gasteiger partial charge in [-0.2, -0.15) is 0 Å². The lowest BCUT2D eigenvalue weighted by atomic mass is 9.89. The Morgan fingerprint density at radius 3 is 1.44 bits per heavy atom. The number of anilines is 1. The Labute approximate surface area is 392 Å². The van der Waals surface area contributed by atoms with E-state index in [1.54, 1.807) is 6.07 Å². The van der Waals surface area contributed by atoms with Crippen molar-refractivity contribution >= 4 is 27.2 Å². The molecule has 4 saturated heterocycles. The Hall–Kier alpha value is -3.74. The van der Waals surface area contributed by atoms with E-state index >= 15 is 0 Å². The lowest BCUT2D eigenvalue weighted by Crippen LogP contribution is -2.44. The Kier molecular flexibility index (Phi) is 17.0. The molecule has 5 aliphatic heterocycles. The molecule has 8 rings (SSSR count). The second kappa shape index (κ2) is 23.0. The molecule has 364 valence electrons. The van der Waals surface area contributed by atoms with Gasteiger partial charge >= 0.3 is 0 Å². The zero-order chi connectivity index (χ0) is 46.2. The molecular weight excluding hydrogens is 833 g/mol. The van der Waals surface area contributed by atoms with Gasteiger partial charge in [-0.05, 0) is 105 Å². The number of rotatable bonds is 21. The van der Waals surface area contributed by atoms with E-state index in [2.05, 4.69) is 72.7 Å². The van der Waals surface area contributed by atoms with Gasteiger partial charge in [-0.1, -0.05) is 12.8 Å². The maximum Gasteiger partial charge on any atom is 0.263 e. The highest BCUT2D eigenvalue weighted by atomic mass is 16.3. The fourth-order valence-electron chi connectivity index (χ4n) is 10.7. The minimum Gasteiger partial charge on any atom is -0.494 e. The predicted octanol–water partition coefficient (Wildman–Crippen LogP) is 1.79. The van der Waals surface area contributed by atoms with Crippen LogP contribution in [0.5, 0.6) is 5.88 Å². The Balaban J connectivity index is 1.13. The van der Waals surface area contributed by atoms with Crippen LogP contribution in [0.25, 0.3) is 32.7 Å². The molecule has 66 heavy (non-hydrogen) atoms. The van der Waals surface area contributed by atoms with Gasteiger partial charge in [0.25, 0.3) is 16.7 Å². The summed E-state index contributed by atoms with van der Waals surface area (Å²) >= 11 is 0. The number of hydrogen-bond acceptors (Lipinski definition) is 14. The minimum absolute atomic E-state index is 0.112. The normalized spacial score (nSPS) is 20.3. The van der Waals surface area contributed by atoms with Gasteiger partial charge in [0.05, 0.1) is 21.7 Å². The van der Waals surface area contributed by atoms with Gasteiger partial charge in [-0.25, -0.2) is 0 Å². The number of hydrogen-bond donors (Lipinski definition) is 2. The molecule has 1 aromatic heterocycles. The summed E-state index contributed by atoms with van der Waals surface area (Å²) in [6.45, 7) is 22.6. The first-order chi connectivity index (χ1) is 32.0. The van der Waals surface area contributed by atoms with E-state index in [-0.39, 0.29) is 22.6 Å². The highest BCUT2D eigenvalue weighted by Gasteiger charge is 2.29. The molecule has 1 aliphatic carbocycles. The average molecular weight is 913 g/mol. The summed E-state index contributed by atoms with van der Waals surface area (Å²) in [6.07, 6.45) is 7.04. The molecule has 6 aliphatic rings. The van der Waals surface area contributed by atoms with E-state index in [4.69, 9.17) is 4.99 Å². The smallest absolute Gasteiger partial charge is 0.263 e. The van der Waals surface area contributed by atoms with Crippen molar-refractivity contribution in [2.24, 2.45) is 4.99 Å². The van der Waals surface area contributed by atoms with E-state index in [0.717, 1.165) is 176 Å². The van der Waals surface area contributed by atoms with Crippen LogP contribution in [0.15, 0.2) is 31.5 Å². The number of aromatic hydroxyl groups is 1. The third-order valence-electron chi connectivity index (χ3n) is 15.3. The van der Waals surface area contributed by atoms with Crippen LogP contribution in [-0.2, 0) is 13.1 Å². The Morgan fingerprint density at radius 2 is 0.924 bits per heavy atom. The van der Waals surface area contributed by atoms with Crippen molar-refractivity contribution in [2.45, 2.75) is 64.5 Å². The molecule has 0 bridgehead atoms. The van der Waals surface area contributed by atoms with Crippen molar-refractivity contribution < 1.29 is 5.11 Å². The average Bonchev–Trinajstić information content (AvgIpc) is 3.31.